The number of piperazine rings is 1. The minimum atomic E-state index is 0.947. The highest BCUT2D eigenvalue weighted by Gasteiger charge is 2.35. The van der Waals surface area contributed by atoms with Crippen LogP contribution in [0.15, 0.2) is 0 Å². The van der Waals surface area contributed by atoms with Gasteiger partial charge in [0.05, 0.1) is 0 Å². The zero-order valence-electron chi connectivity index (χ0n) is 11.1. The summed E-state index contributed by atoms with van der Waals surface area (Å²) in [6.45, 7) is 12.8. The zero-order valence-corrected chi connectivity index (χ0v) is 11.1. The molecule has 0 radical (unpaired) electrons. The number of likely N-dealkylation sites (tertiary alicyclic amines) is 1. The molecular formula is C13H26N4. The molecule has 0 amide bonds. The summed E-state index contributed by atoms with van der Waals surface area (Å²) in [5.41, 5.74) is 0. The van der Waals surface area contributed by atoms with E-state index >= 15 is 0 Å². The molecule has 4 nitrogen and oxygen atoms in total. The molecule has 0 aromatic rings. The van der Waals surface area contributed by atoms with Crippen LogP contribution in [0.3, 0.4) is 0 Å². The molecule has 3 aliphatic heterocycles. The average Bonchev–Trinajstić information content (AvgIpc) is 2.88. The maximum absolute atomic E-state index is 3.51. The minimum Gasteiger partial charge on any atom is -0.316 e. The summed E-state index contributed by atoms with van der Waals surface area (Å²) in [6, 6.07) is 0. The number of rotatable bonds is 3. The third kappa shape index (κ3) is 2.81. The molecule has 0 aromatic carbocycles. The molecule has 0 saturated carbocycles. The molecule has 1 N–H and O–H groups in total. The Kier molecular flexibility index (Phi) is 3.66. The van der Waals surface area contributed by atoms with Crippen LogP contribution < -0.4 is 5.32 Å². The van der Waals surface area contributed by atoms with Gasteiger partial charge in [0.2, 0.25) is 0 Å². The maximum atomic E-state index is 3.51. The van der Waals surface area contributed by atoms with E-state index in [9.17, 15) is 0 Å². The SMILES string of the molecule is CN1CCN(CCN2C[C@H]3CNC[C@H]3C2)CC1. The van der Waals surface area contributed by atoms with Gasteiger partial charge < -0.3 is 15.1 Å². The van der Waals surface area contributed by atoms with Gasteiger partial charge in [-0.2, -0.15) is 0 Å². The van der Waals surface area contributed by atoms with Crippen molar-refractivity contribution in [1.82, 2.24) is 20.0 Å². The number of hydrogen-bond acceptors (Lipinski definition) is 4. The van der Waals surface area contributed by atoms with Crippen molar-refractivity contribution in [2.75, 3.05) is 72.5 Å². The highest BCUT2D eigenvalue weighted by atomic mass is 15.3. The Morgan fingerprint density at radius 3 is 2.12 bits per heavy atom. The number of likely N-dealkylation sites (N-methyl/N-ethyl adjacent to an activating group) is 1. The van der Waals surface area contributed by atoms with Gasteiger partial charge in [-0.25, -0.2) is 0 Å². The predicted molar refractivity (Wildman–Crippen MR) is 70.2 cm³/mol. The first-order chi connectivity index (χ1) is 8.31. The normalized spacial score (nSPS) is 36.5. The van der Waals surface area contributed by atoms with Gasteiger partial charge in [0.15, 0.2) is 0 Å². The first-order valence-electron chi connectivity index (χ1n) is 7.15. The molecular weight excluding hydrogens is 212 g/mol. The Morgan fingerprint density at radius 2 is 1.47 bits per heavy atom. The monoisotopic (exact) mass is 238 g/mol. The molecule has 3 saturated heterocycles. The Hall–Kier alpha value is -0.160. The number of nitrogens with zero attached hydrogens (tertiary/aromatic N) is 3. The van der Waals surface area contributed by atoms with Crippen LogP contribution in [0.5, 0.6) is 0 Å². The maximum Gasteiger partial charge on any atom is 0.0110 e. The van der Waals surface area contributed by atoms with Gasteiger partial charge in [0, 0.05) is 52.4 Å². The highest BCUT2D eigenvalue weighted by Crippen LogP contribution is 2.25. The minimum absolute atomic E-state index is 0.947. The van der Waals surface area contributed by atoms with Crippen molar-refractivity contribution in [2.24, 2.45) is 11.8 Å². The van der Waals surface area contributed by atoms with Gasteiger partial charge in [0.1, 0.15) is 0 Å². The highest BCUT2D eigenvalue weighted by molar-refractivity contribution is 4.91. The predicted octanol–water partition coefficient (Wildman–Crippen LogP) is -0.615. The Morgan fingerprint density at radius 1 is 0.882 bits per heavy atom. The van der Waals surface area contributed by atoms with Crippen LogP contribution in [-0.4, -0.2) is 87.2 Å². The van der Waals surface area contributed by atoms with Gasteiger partial charge in [-0.3, -0.25) is 4.90 Å². The van der Waals surface area contributed by atoms with Crippen molar-refractivity contribution in [1.29, 1.82) is 0 Å². The van der Waals surface area contributed by atoms with Crippen molar-refractivity contribution in [2.45, 2.75) is 0 Å². The van der Waals surface area contributed by atoms with Crippen LogP contribution in [0.1, 0.15) is 0 Å². The van der Waals surface area contributed by atoms with E-state index in [-0.39, 0.29) is 0 Å². The summed E-state index contributed by atoms with van der Waals surface area (Å²) < 4.78 is 0. The molecule has 0 unspecified atom stereocenters. The smallest absolute Gasteiger partial charge is 0.0110 e. The van der Waals surface area contributed by atoms with E-state index in [1.165, 1.54) is 65.4 Å². The summed E-state index contributed by atoms with van der Waals surface area (Å²) in [5.74, 6) is 1.89. The molecule has 17 heavy (non-hydrogen) atoms. The standard InChI is InChI=1S/C13H26N4/c1-15-2-4-16(5-3-15)6-7-17-10-12-8-14-9-13(12)11-17/h12-14H,2-11H2,1H3/t12-,13+. The van der Waals surface area contributed by atoms with Gasteiger partial charge in [-0.15, -0.1) is 0 Å². The molecule has 3 aliphatic rings. The fourth-order valence-corrected chi connectivity index (χ4v) is 3.49. The summed E-state index contributed by atoms with van der Waals surface area (Å²) in [7, 11) is 2.23. The van der Waals surface area contributed by atoms with E-state index in [0.29, 0.717) is 0 Å². The lowest BCUT2D eigenvalue weighted by Gasteiger charge is -2.33. The van der Waals surface area contributed by atoms with Crippen LogP contribution in [-0.2, 0) is 0 Å². The van der Waals surface area contributed by atoms with Gasteiger partial charge >= 0.3 is 0 Å². The van der Waals surface area contributed by atoms with E-state index in [2.05, 4.69) is 27.1 Å². The fraction of sp³-hybridized carbons (Fsp3) is 1.00. The van der Waals surface area contributed by atoms with Crippen LogP contribution >= 0.6 is 0 Å². The van der Waals surface area contributed by atoms with Crippen LogP contribution in [0.2, 0.25) is 0 Å². The molecule has 3 rings (SSSR count). The molecule has 3 heterocycles. The fourth-order valence-electron chi connectivity index (χ4n) is 3.49. The topological polar surface area (TPSA) is 21.8 Å². The quantitative estimate of drug-likeness (QED) is 0.708. The summed E-state index contributed by atoms with van der Waals surface area (Å²) in [4.78, 5) is 7.75. The molecule has 4 heteroatoms. The first-order valence-corrected chi connectivity index (χ1v) is 7.15. The van der Waals surface area contributed by atoms with Gasteiger partial charge in [0.25, 0.3) is 0 Å². The van der Waals surface area contributed by atoms with Crippen molar-refractivity contribution in [3.05, 3.63) is 0 Å². The largest absolute Gasteiger partial charge is 0.316 e. The van der Waals surface area contributed by atoms with Crippen LogP contribution in [0, 0.1) is 11.8 Å². The summed E-state index contributed by atoms with van der Waals surface area (Å²) in [6.07, 6.45) is 0. The molecule has 98 valence electrons. The summed E-state index contributed by atoms with van der Waals surface area (Å²) >= 11 is 0. The van der Waals surface area contributed by atoms with Crippen molar-refractivity contribution >= 4 is 0 Å². The number of nitrogens with one attached hydrogen (secondary N) is 1. The number of hydrogen-bond donors (Lipinski definition) is 1. The molecule has 0 spiro atoms. The lowest BCUT2D eigenvalue weighted by Crippen LogP contribution is -2.46. The Balaban J connectivity index is 1.37. The average molecular weight is 238 g/mol. The van der Waals surface area contributed by atoms with Crippen molar-refractivity contribution in [3.63, 3.8) is 0 Å². The number of fused-ring (bicyclic) bond motifs is 1. The third-order valence-corrected chi connectivity index (χ3v) is 4.79. The van der Waals surface area contributed by atoms with Crippen LogP contribution in [0.4, 0.5) is 0 Å². The lowest BCUT2D eigenvalue weighted by molar-refractivity contribution is 0.139. The van der Waals surface area contributed by atoms with Crippen molar-refractivity contribution < 1.29 is 0 Å². The lowest BCUT2D eigenvalue weighted by atomic mass is 10.0. The molecule has 0 bridgehead atoms. The van der Waals surface area contributed by atoms with E-state index in [0.717, 1.165) is 11.8 Å². The molecule has 2 atom stereocenters. The molecule has 3 fully saturated rings. The van der Waals surface area contributed by atoms with E-state index in [4.69, 9.17) is 0 Å². The first kappa shape index (κ1) is 11.9. The van der Waals surface area contributed by atoms with Crippen molar-refractivity contribution in [3.8, 4) is 0 Å². The van der Waals surface area contributed by atoms with E-state index in [1.807, 2.05) is 0 Å². The second kappa shape index (κ2) is 5.22. The van der Waals surface area contributed by atoms with Crippen LogP contribution in [0.25, 0.3) is 0 Å². The third-order valence-electron chi connectivity index (χ3n) is 4.79. The Bertz CT molecular complexity index is 238. The van der Waals surface area contributed by atoms with E-state index < -0.39 is 0 Å². The second-order valence-electron chi connectivity index (χ2n) is 6.08. The summed E-state index contributed by atoms with van der Waals surface area (Å²) in [5, 5.41) is 3.51. The molecule has 0 aromatic heterocycles. The van der Waals surface area contributed by atoms with Gasteiger partial charge in [-0.1, -0.05) is 0 Å². The molecule has 0 aliphatic carbocycles. The van der Waals surface area contributed by atoms with E-state index in [1.54, 1.807) is 0 Å². The second-order valence-corrected chi connectivity index (χ2v) is 6.08. The zero-order chi connectivity index (χ0) is 11.7. The van der Waals surface area contributed by atoms with Gasteiger partial charge in [-0.05, 0) is 32.0 Å². The Labute approximate surface area is 105 Å².